The van der Waals surface area contributed by atoms with Crippen LogP contribution in [0, 0.1) is 18.7 Å². The third kappa shape index (κ3) is 2.82. The van der Waals surface area contributed by atoms with Gasteiger partial charge in [-0.3, -0.25) is 0 Å². The standard InChI is InChI=1S/C14H20FN/c1-10-3-5-13(16-9-10)8-12-4-6-14(15)11(2)7-12/h4,6-7,10,13,16H,3,5,8-9H2,1-2H3. The first-order valence-corrected chi connectivity index (χ1v) is 6.13. The third-order valence-corrected chi connectivity index (χ3v) is 3.47. The van der Waals surface area contributed by atoms with Crippen LogP contribution in [-0.2, 0) is 6.42 Å². The molecule has 1 N–H and O–H groups in total. The molecule has 2 rings (SSSR count). The maximum atomic E-state index is 13.1. The minimum absolute atomic E-state index is 0.103. The van der Waals surface area contributed by atoms with Crippen molar-refractivity contribution in [2.24, 2.45) is 5.92 Å². The molecule has 1 aromatic rings. The van der Waals surface area contributed by atoms with Gasteiger partial charge in [0.15, 0.2) is 0 Å². The van der Waals surface area contributed by atoms with Gasteiger partial charge in [-0.15, -0.1) is 0 Å². The molecular weight excluding hydrogens is 201 g/mol. The highest BCUT2D eigenvalue weighted by Crippen LogP contribution is 2.18. The molecule has 16 heavy (non-hydrogen) atoms. The van der Waals surface area contributed by atoms with Crippen molar-refractivity contribution >= 4 is 0 Å². The highest BCUT2D eigenvalue weighted by molar-refractivity contribution is 5.24. The Labute approximate surface area is 97.1 Å². The fourth-order valence-electron chi connectivity index (χ4n) is 2.35. The first kappa shape index (κ1) is 11.6. The van der Waals surface area contributed by atoms with E-state index in [1.54, 1.807) is 6.07 Å². The predicted octanol–water partition coefficient (Wildman–Crippen LogP) is 3.06. The molecule has 1 aliphatic heterocycles. The fraction of sp³-hybridized carbons (Fsp3) is 0.571. The molecule has 1 saturated heterocycles. The molecule has 0 amide bonds. The van der Waals surface area contributed by atoms with E-state index in [1.165, 1.54) is 18.4 Å². The second-order valence-corrected chi connectivity index (χ2v) is 5.08. The Balaban J connectivity index is 1.96. The lowest BCUT2D eigenvalue weighted by Gasteiger charge is -2.28. The third-order valence-electron chi connectivity index (χ3n) is 3.47. The van der Waals surface area contributed by atoms with Gasteiger partial charge in [-0.05, 0) is 55.8 Å². The van der Waals surface area contributed by atoms with Crippen LogP contribution in [0.3, 0.4) is 0 Å². The molecule has 1 aliphatic rings. The molecule has 2 unspecified atom stereocenters. The molecule has 1 nitrogen and oxygen atoms in total. The average Bonchev–Trinajstić information content (AvgIpc) is 2.27. The zero-order chi connectivity index (χ0) is 11.5. The van der Waals surface area contributed by atoms with Gasteiger partial charge >= 0.3 is 0 Å². The van der Waals surface area contributed by atoms with Crippen LogP contribution in [0.5, 0.6) is 0 Å². The van der Waals surface area contributed by atoms with Crippen molar-refractivity contribution < 1.29 is 4.39 Å². The summed E-state index contributed by atoms with van der Waals surface area (Å²) in [5.41, 5.74) is 1.99. The van der Waals surface area contributed by atoms with E-state index in [2.05, 4.69) is 12.2 Å². The van der Waals surface area contributed by atoms with Crippen LogP contribution in [0.1, 0.15) is 30.9 Å². The molecule has 1 fully saturated rings. The van der Waals surface area contributed by atoms with Gasteiger partial charge in [-0.25, -0.2) is 4.39 Å². The fourth-order valence-corrected chi connectivity index (χ4v) is 2.35. The van der Waals surface area contributed by atoms with Crippen molar-refractivity contribution in [2.45, 2.75) is 39.2 Å². The Bertz CT molecular complexity index is 354. The molecule has 1 aromatic carbocycles. The molecule has 0 saturated carbocycles. The number of piperidine rings is 1. The maximum Gasteiger partial charge on any atom is 0.126 e. The number of hydrogen-bond acceptors (Lipinski definition) is 1. The van der Waals surface area contributed by atoms with Gasteiger partial charge < -0.3 is 5.32 Å². The van der Waals surface area contributed by atoms with E-state index >= 15 is 0 Å². The largest absolute Gasteiger partial charge is 0.313 e. The lowest BCUT2D eigenvalue weighted by Crippen LogP contribution is -2.39. The van der Waals surface area contributed by atoms with E-state index < -0.39 is 0 Å². The molecule has 2 heteroatoms. The first-order chi connectivity index (χ1) is 7.65. The Morgan fingerprint density at radius 3 is 2.81 bits per heavy atom. The predicted molar refractivity (Wildman–Crippen MR) is 65.0 cm³/mol. The van der Waals surface area contributed by atoms with E-state index in [0.29, 0.717) is 6.04 Å². The number of benzene rings is 1. The van der Waals surface area contributed by atoms with Crippen LogP contribution < -0.4 is 5.32 Å². The van der Waals surface area contributed by atoms with E-state index in [0.717, 1.165) is 24.4 Å². The van der Waals surface area contributed by atoms with E-state index in [9.17, 15) is 4.39 Å². The second-order valence-electron chi connectivity index (χ2n) is 5.08. The smallest absolute Gasteiger partial charge is 0.126 e. The van der Waals surface area contributed by atoms with E-state index in [-0.39, 0.29) is 5.82 Å². The molecule has 88 valence electrons. The zero-order valence-electron chi connectivity index (χ0n) is 10.1. The molecule has 0 bridgehead atoms. The van der Waals surface area contributed by atoms with Gasteiger partial charge in [0, 0.05) is 6.04 Å². The van der Waals surface area contributed by atoms with Crippen LogP contribution in [0.15, 0.2) is 18.2 Å². The molecule has 1 heterocycles. The molecule has 0 aromatic heterocycles. The van der Waals surface area contributed by atoms with Gasteiger partial charge in [-0.1, -0.05) is 19.1 Å². The first-order valence-electron chi connectivity index (χ1n) is 6.13. The summed E-state index contributed by atoms with van der Waals surface area (Å²) < 4.78 is 13.1. The molecule has 2 atom stereocenters. The summed E-state index contributed by atoms with van der Waals surface area (Å²) in [7, 11) is 0. The Hall–Kier alpha value is -0.890. The quantitative estimate of drug-likeness (QED) is 0.809. The van der Waals surface area contributed by atoms with E-state index in [1.807, 2.05) is 19.1 Å². The summed E-state index contributed by atoms with van der Waals surface area (Å²) in [4.78, 5) is 0. The minimum Gasteiger partial charge on any atom is -0.313 e. The topological polar surface area (TPSA) is 12.0 Å². The number of hydrogen-bond donors (Lipinski definition) is 1. The average molecular weight is 221 g/mol. The van der Waals surface area contributed by atoms with Gasteiger partial charge in [0.1, 0.15) is 5.82 Å². The van der Waals surface area contributed by atoms with Crippen molar-refractivity contribution in [1.29, 1.82) is 0 Å². The van der Waals surface area contributed by atoms with Gasteiger partial charge in [0.05, 0.1) is 0 Å². The van der Waals surface area contributed by atoms with Crippen molar-refractivity contribution in [2.75, 3.05) is 6.54 Å². The van der Waals surface area contributed by atoms with Crippen LogP contribution >= 0.6 is 0 Å². The minimum atomic E-state index is -0.103. The normalized spacial score (nSPS) is 25.7. The Morgan fingerprint density at radius 1 is 1.38 bits per heavy atom. The number of aryl methyl sites for hydroxylation is 1. The lowest BCUT2D eigenvalue weighted by atomic mass is 9.92. The summed E-state index contributed by atoms with van der Waals surface area (Å²) in [6, 6.07) is 6.02. The molecule has 0 aliphatic carbocycles. The maximum absolute atomic E-state index is 13.1. The second kappa shape index (κ2) is 4.96. The number of rotatable bonds is 2. The number of halogens is 1. The molecule has 0 radical (unpaired) electrons. The Morgan fingerprint density at radius 2 is 2.19 bits per heavy atom. The van der Waals surface area contributed by atoms with Crippen molar-refractivity contribution in [3.8, 4) is 0 Å². The van der Waals surface area contributed by atoms with Crippen LogP contribution in [-0.4, -0.2) is 12.6 Å². The summed E-state index contributed by atoms with van der Waals surface area (Å²) in [5, 5.41) is 3.56. The number of nitrogens with one attached hydrogen (secondary N) is 1. The highest BCUT2D eigenvalue weighted by atomic mass is 19.1. The SMILES string of the molecule is Cc1cc(CC2CCC(C)CN2)ccc1F. The lowest BCUT2D eigenvalue weighted by molar-refractivity contribution is 0.326. The van der Waals surface area contributed by atoms with Crippen molar-refractivity contribution in [3.63, 3.8) is 0 Å². The van der Waals surface area contributed by atoms with E-state index in [4.69, 9.17) is 0 Å². The van der Waals surface area contributed by atoms with Crippen molar-refractivity contribution in [3.05, 3.63) is 35.1 Å². The van der Waals surface area contributed by atoms with Crippen LogP contribution in [0.4, 0.5) is 4.39 Å². The molecule has 0 spiro atoms. The summed E-state index contributed by atoms with van der Waals surface area (Å²) >= 11 is 0. The van der Waals surface area contributed by atoms with Gasteiger partial charge in [0.2, 0.25) is 0 Å². The van der Waals surface area contributed by atoms with Crippen LogP contribution in [0.2, 0.25) is 0 Å². The Kier molecular flexibility index (Phi) is 3.59. The monoisotopic (exact) mass is 221 g/mol. The summed E-state index contributed by atoms with van der Waals surface area (Å²) in [5.74, 6) is 0.695. The highest BCUT2D eigenvalue weighted by Gasteiger charge is 2.17. The zero-order valence-corrected chi connectivity index (χ0v) is 10.1. The summed E-state index contributed by atoms with van der Waals surface area (Å²) in [6.45, 7) is 5.23. The van der Waals surface area contributed by atoms with Gasteiger partial charge in [0.25, 0.3) is 0 Å². The van der Waals surface area contributed by atoms with Gasteiger partial charge in [-0.2, -0.15) is 0 Å². The summed E-state index contributed by atoms with van der Waals surface area (Å²) in [6.07, 6.45) is 3.56. The molecular formula is C14H20FN. The van der Waals surface area contributed by atoms with Crippen LogP contribution in [0.25, 0.3) is 0 Å². The van der Waals surface area contributed by atoms with Crippen molar-refractivity contribution in [1.82, 2.24) is 5.32 Å².